The summed E-state index contributed by atoms with van der Waals surface area (Å²) in [5, 5.41) is 1.06. The van der Waals surface area contributed by atoms with Crippen LogP contribution in [0.4, 0.5) is 5.82 Å². The van der Waals surface area contributed by atoms with Crippen LogP contribution in [0.2, 0.25) is 0 Å². The van der Waals surface area contributed by atoms with E-state index in [9.17, 15) is 4.79 Å². The van der Waals surface area contributed by atoms with Gasteiger partial charge in [0.25, 0.3) is 5.91 Å². The number of likely N-dealkylation sites (tertiary alicyclic amines) is 2. The summed E-state index contributed by atoms with van der Waals surface area (Å²) < 4.78 is 0. The first-order valence-corrected chi connectivity index (χ1v) is 11.0. The first kappa shape index (κ1) is 17.9. The lowest BCUT2D eigenvalue weighted by molar-refractivity contribution is 0.0608. The van der Waals surface area contributed by atoms with Crippen molar-refractivity contribution in [1.29, 1.82) is 0 Å². The number of amides is 1. The molecule has 0 radical (unpaired) electrons. The molecule has 1 atom stereocenters. The second kappa shape index (κ2) is 7.70. The molecule has 5 heteroatoms. The van der Waals surface area contributed by atoms with Gasteiger partial charge in [0.2, 0.25) is 0 Å². The Labute approximate surface area is 167 Å². The number of fused-ring (bicyclic) bond motifs is 1. The van der Waals surface area contributed by atoms with Crippen LogP contribution in [0.5, 0.6) is 0 Å². The number of nitrogens with zero attached hydrogens (tertiary/aromatic N) is 4. The first-order valence-electron chi connectivity index (χ1n) is 11.0. The monoisotopic (exact) mass is 378 g/mol. The number of carbonyl (C=O) groups excluding carboxylic acids is 1. The fourth-order valence-electron chi connectivity index (χ4n) is 5.15. The number of anilines is 1. The minimum atomic E-state index is 0.170. The van der Waals surface area contributed by atoms with E-state index in [4.69, 9.17) is 4.98 Å². The van der Waals surface area contributed by atoms with Crippen LogP contribution in [0.3, 0.4) is 0 Å². The number of piperidine rings is 1. The van der Waals surface area contributed by atoms with Crippen molar-refractivity contribution >= 4 is 22.6 Å². The van der Waals surface area contributed by atoms with E-state index in [0.717, 1.165) is 54.9 Å². The van der Waals surface area contributed by atoms with E-state index in [-0.39, 0.29) is 5.91 Å². The molecule has 4 heterocycles. The third-order valence-electron chi connectivity index (χ3n) is 6.68. The number of pyridine rings is 1. The van der Waals surface area contributed by atoms with Gasteiger partial charge in [-0.2, -0.15) is 0 Å². The number of para-hydroxylation sites is 1. The average Bonchev–Trinajstić information content (AvgIpc) is 3.46. The zero-order valence-electron chi connectivity index (χ0n) is 16.6. The summed E-state index contributed by atoms with van der Waals surface area (Å²) in [5.74, 6) is 1.06. The van der Waals surface area contributed by atoms with Gasteiger partial charge in [-0.1, -0.05) is 18.2 Å². The Morgan fingerprint density at radius 1 is 0.929 bits per heavy atom. The molecule has 3 aliphatic heterocycles. The van der Waals surface area contributed by atoms with Crippen molar-refractivity contribution in [3.05, 3.63) is 35.9 Å². The zero-order chi connectivity index (χ0) is 18.9. The SMILES string of the molecule is O=C(c1cc2ccccc2nc1N1CCCC1)N1CCCC(N2CCCC2)C1. The van der Waals surface area contributed by atoms with Gasteiger partial charge in [0.05, 0.1) is 11.1 Å². The zero-order valence-corrected chi connectivity index (χ0v) is 16.6. The lowest BCUT2D eigenvalue weighted by atomic mass is 10.0. The largest absolute Gasteiger partial charge is 0.356 e. The van der Waals surface area contributed by atoms with Crippen molar-refractivity contribution in [3.63, 3.8) is 0 Å². The van der Waals surface area contributed by atoms with E-state index >= 15 is 0 Å². The van der Waals surface area contributed by atoms with Gasteiger partial charge < -0.3 is 9.80 Å². The Kier molecular flexibility index (Phi) is 4.93. The smallest absolute Gasteiger partial charge is 0.257 e. The summed E-state index contributed by atoms with van der Waals surface area (Å²) in [6.45, 7) is 6.14. The molecule has 3 fully saturated rings. The highest BCUT2D eigenvalue weighted by atomic mass is 16.2. The molecule has 0 N–H and O–H groups in total. The minimum absolute atomic E-state index is 0.170. The van der Waals surface area contributed by atoms with Crippen LogP contribution in [-0.4, -0.2) is 66.0 Å². The molecule has 1 aromatic carbocycles. The molecule has 0 saturated carbocycles. The molecule has 1 amide bonds. The second-order valence-electron chi connectivity index (χ2n) is 8.54. The Balaban J connectivity index is 1.46. The number of rotatable bonds is 3. The molecule has 5 rings (SSSR count). The van der Waals surface area contributed by atoms with Crippen LogP contribution in [0.1, 0.15) is 48.9 Å². The third-order valence-corrected chi connectivity index (χ3v) is 6.68. The van der Waals surface area contributed by atoms with Gasteiger partial charge in [0.1, 0.15) is 5.82 Å². The van der Waals surface area contributed by atoms with Crippen LogP contribution < -0.4 is 4.90 Å². The maximum atomic E-state index is 13.6. The van der Waals surface area contributed by atoms with E-state index in [0.29, 0.717) is 6.04 Å². The van der Waals surface area contributed by atoms with E-state index in [1.807, 2.05) is 18.2 Å². The summed E-state index contributed by atoms with van der Waals surface area (Å²) in [6, 6.07) is 10.8. The predicted molar refractivity (Wildman–Crippen MR) is 113 cm³/mol. The summed E-state index contributed by atoms with van der Waals surface area (Å²) in [7, 11) is 0. The van der Waals surface area contributed by atoms with Crippen molar-refractivity contribution in [1.82, 2.24) is 14.8 Å². The Morgan fingerprint density at radius 3 is 2.50 bits per heavy atom. The van der Waals surface area contributed by atoms with Gasteiger partial charge in [0, 0.05) is 37.6 Å². The lowest BCUT2D eigenvalue weighted by Gasteiger charge is -2.38. The molecule has 1 aromatic heterocycles. The molecule has 0 spiro atoms. The minimum Gasteiger partial charge on any atom is -0.356 e. The molecule has 3 saturated heterocycles. The van der Waals surface area contributed by atoms with Crippen molar-refractivity contribution in [2.45, 2.75) is 44.6 Å². The number of hydrogen-bond donors (Lipinski definition) is 0. The van der Waals surface area contributed by atoms with Gasteiger partial charge in [-0.25, -0.2) is 4.98 Å². The summed E-state index contributed by atoms with van der Waals surface area (Å²) in [4.78, 5) is 25.6. The van der Waals surface area contributed by atoms with Crippen LogP contribution in [0, 0.1) is 0 Å². The normalized spacial score (nSPS) is 23.6. The summed E-state index contributed by atoms with van der Waals surface area (Å²) in [5.41, 5.74) is 1.78. The fourth-order valence-corrected chi connectivity index (χ4v) is 5.15. The van der Waals surface area contributed by atoms with E-state index in [2.05, 4.69) is 26.8 Å². The maximum Gasteiger partial charge on any atom is 0.257 e. The Bertz CT molecular complexity index is 855. The second-order valence-corrected chi connectivity index (χ2v) is 8.54. The molecular formula is C23H30N4O. The molecule has 3 aliphatic rings. The highest BCUT2D eigenvalue weighted by molar-refractivity contribution is 6.02. The predicted octanol–water partition coefficient (Wildman–Crippen LogP) is 3.54. The Morgan fingerprint density at radius 2 is 1.68 bits per heavy atom. The summed E-state index contributed by atoms with van der Waals surface area (Å²) in [6.07, 6.45) is 7.30. The van der Waals surface area contributed by atoms with Crippen LogP contribution in [0.15, 0.2) is 30.3 Å². The highest BCUT2D eigenvalue weighted by Gasteiger charge is 2.32. The quantitative estimate of drug-likeness (QED) is 0.819. The van der Waals surface area contributed by atoms with Crippen LogP contribution in [0.25, 0.3) is 10.9 Å². The molecule has 2 aromatic rings. The Hall–Kier alpha value is -2.14. The van der Waals surface area contributed by atoms with Crippen molar-refractivity contribution in [3.8, 4) is 0 Å². The maximum absolute atomic E-state index is 13.6. The van der Waals surface area contributed by atoms with Gasteiger partial charge in [-0.3, -0.25) is 9.69 Å². The van der Waals surface area contributed by atoms with Crippen molar-refractivity contribution < 1.29 is 4.79 Å². The number of aromatic nitrogens is 1. The van der Waals surface area contributed by atoms with Gasteiger partial charge in [0.15, 0.2) is 0 Å². The van der Waals surface area contributed by atoms with Gasteiger partial charge in [-0.05, 0) is 63.7 Å². The molecule has 5 nitrogen and oxygen atoms in total. The van der Waals surface area contributed by atoms with Gasteiger partial charge >= 0.3 is 0 Å². The molecule has 148 valence electrons. The first-order chi connectivity index (χ1) is 13.8. The van der Waals surface area contributed by atoms with E-state index < -0.39 is 0 Å². The topological polar surface area (TPSA) is 39.7 Å². The standard InChI is InChI=1S/C23H30N4O/c28-23(27-15-7-9-19(17-27)25-11-3-4-12-25)20-16-18-8-1-2-10-21(18)24-22(20)26-13-5-6-14-26/h1-2,8,10,16,19H,3-7,9,11-15,17H2. The molecule has 0 aliphatic carbocycles. The highest BCUT2D eigenvalue weighted by Crippen LogP contribution is 2.29. The summed E-state index contributed by atoms with van der Waals surface area (Å²) >= 11 is 0. The van der Waals surface area contributed by atoms with Crippen LogP contribution >= 0.6 is 0 Å². The lowest BCUT2D eigenvalue weighted by Crippen LogP contribution is -2.49. The molecule has 0 bridgehead atoms. The van der Waals surface area contributed by atoms with Crippen molar-refractivity contribution in [2.75, 3.05) is 44.2 Å². The number of carbonyl (C=O) groups is 1. The number of benzene rings is 1. The van der Waals surface area contributed by atoms with Crippen LogP contribution in [-0.2, 0) is 0 Å². The molecule has 1 unspecified atom stereocenters. The van der Waals surface area contributed by atoms with Gasteiger partial charge in [-0.15, -0.1) is 0 Å². The van der Waals surface area contributed by atoms with Crippen molar-refractivity contribution in [2.24, 2.45) is 0 Å². The molecule has 28 heavy (non-hydrogen) atoms. The molecular weight excluding hydrogens is 348 g/mol. The van der Waals surface area contributed by atoms with E-state index in [1.165, 1.54) is 45.2 Å². The number of hydrogen-bond acceptors (Lipinski definition) is 4. The average molecular weight is 379 g/mol. The third kappa shape index (κ3) is 3.37. The fraction of sp³-hybridized carbons (Fsp3) is 0.565. The van der Waals surface area contributed by atoms with E-state index in [1.54, 1.807) is 0 Å².